The topological polar surface area (TPSA) is 90.9 Å². The van der Waals surface area contributed by atoms with Crippen molar-refractivity contribution in [2.24, 2.45) is 11.8 Å². The number of hydrazine groups is 1. The average Bonchev–Trinajstić information content (AvgIpc) is 2.85. The Hall–Kier alpha value is -1.75. The van der Waals surface area contributed by atoms with Crippen molar-refractivity contribution >= 4 is 27.4 Å². The Morgan fingerprint density at radius 2 is 2.37 bits per heavy atom. The highest BCUT2D eigenvalue weighted by atomic mass is 32.1. The molecule has 0 aliphatic heterocycles. The molecule has 0 aromatic carbocycles. The quantitative estimate of drug-likeness (QED) is 0.636. The Balaban J connectivity index is 2.19. The van der Waals surface area contributed by atoms with Crippen LogP contribution in [0.1, 0.15) is 12.7 Å². The zero-order valence-corrected chi connectivity index (χ0v) is 11.7. The van der Waals surface area contributed by atoms with E-state index in [-0.39, 0.29) is 5.92 Å². The Morgan fingerprint density at radius 1 is 1.58 bits per heavy atom. The molecule has 0 saturated carbocycles. The lowest BCUT2D eigenvalue weighted by atomic mass is 10.2. The van der Waals surface area contributed by atoms with Gasteiger partial charge in [-0.1, -0.05) is 0 Å². The number of fused-ring (bicyclic) bond motifs is 1. The predicted octanol–water partition coefficient (Wildman–Crippen LogP) is 1.57. The summed E-state index contributed by atoms with van der Waals surface area (Å²) in [5.74, 6) is 6.82. The zero-order chi connectivity index (χ0) is 13.8. The lowest BCUT2D eigenvalue weighted by Gasteiger charge is -2.17. The lowest BCUT2D eigenvalue weighted by Crippen LogP contribution is -2.24. The first-order chi connectivity index (χ1) is 9.13. The normalized spacial score (nSPS) is 12.6. The minimum absolute atomic E-state index is 0.0115. The molecule has 2 rings (SSSR count). The highest BCUT2D eigenvalue weighted by Crippen LogP contribution is 2.24. The summed E-state index contributed by atoms with van der Waals surface area (Å²) in [7, 11) is 1.95. The van der Waals surface area contributed by atoms with Gasteiger partial charge in [0.2, 0.25) is 0 Å². The van der Waals surface area contributed by atoms with Crippen LogP contribution in [0, 0.1) is 17.2 Å². The Kier molecular flexibility index (Phi) is 4.27. The second-order valence-corrected chi connectivity index (χ2v) is 5.39. The van der Waals surface area contributed by atoms with Gasteiger partial charge in [0.25, 0.3) is 0 Å². The van der Waals surface area contributed by atoms with E-state index < -0.39 is 0 Å². The first-order valence-electron chi connectivity index (χ1n) is 5.93. The molecule has 1 unspecified atom stereocenters. The summed E-state index contributed by atoms with van der Waals surface area (Å²) < 4.78 is 0. The second kappa shape index (κ2) is 5.93. The van der Waals surface area contributed by atoms with E-state index >= 15 is 0 Å². The van der Waals surface area contributed by atoms with Crippen molar-refractivity contribution in [1.82, 2.24) is 14.9 Å². The molecule has 1 atom stereocenters. The van der Waals surface area contributed by atoms with Gasteiger partial charge < -0.3 is 5.43 Å². The van der Waals surface area contributed by atoms with Crippen LogP contribution in [0.25, 0.3) is 10.2 Å². The second-order valence-electron chi connectivity index (χ2n) is 4.50. The summed E-state index contributed by atoms with van der Waals surface area (Å²) in [4.78, 5) is 11.9. The number of thiophene rings is 1. The molecule has 6 nitrogen and oxygen atoms in total. The van der Waals surface area contributed by atoms with Gasteiger partial charge >= 0.3 is 0 Å². The van der Waals surface area contributed by atoms with Gasteiger partial charge in [-0.05, 0) is 25.4 Å². The van der Waals surface area contributed by atoms with Crippen LogP contribution >= 0.6 is 11.3 Å². The first kappa shape index (κ1) is 13.7. The van der Waals surface area contributed by atoms with Crippen molar-refractivity contribution in [2.45, 2.75) is 13.5 Å². The maximum absolute atomic E-state index is 8.81. The van der Waals surface area contributed by atoms with Crippen LogP contribution in [-0.4, -0.2) is 28.5 Å². The van der Waals surface area contributed by atoms with Crippen LogP contribution in [-0.2, 0) is 6.54 Å². The van der Waals surface area contributed by atoms with E-state index in [1.807, 2.05) is 30.3 Å². The van der Waals surface area contributed by atoms with Gasteiger partial charge in [0.05, 0.1) is 23.9 Å². The standard InChI is InChI=1S/C12H16N6S/c1-8(5-13)6-18(2)7-10-15-11(17-14)9-3-4-19-12(9)16-10/h3-4,8H,6-7,14H2,1-2H3,(H,15,16,17). The van der Waals surface area contributed by atoms with Crippen LogP contribution in [0.15, 0.2) is 11.4 Å². The molecule has 100 valence electrons. The molecule has 0 aliphatic carbocycles. The monoisotopic (exact) mass is 276 g/mol. The Bertz CT molecular complexity index is 602. The van der Waals surface area contributed by atoms with E-state index in [2.05, 4.69) is 21.5 Å². The van der Waals surface area contributed by atoms with E-state index in [0.717, 1.165) is 10.2 Å². The molecular formula is C12H16N6S. The van der Waals surface area contributed by atoms with Crippen molar-refractivity contribution in [3.05, 3.63) is 17.3 Å². The molecule has 3 N–H and O–H groups in total. The van der Waals surface area contributed by atoms with Crippen molar-refractivity contribution < 1.29 is 0 Å². The Labute approximate surface area is 115 Å². The number of nitrogens with one attached hydrogen (secondary N) is 1. The minimum atomic E-state index is -0.0115. The van der Waals surface area contributed by atoms with Crippen LogP contribution in [0.4, 0.5) is 5.82 Å². The maximum Gasteiger partial charge on any atom is 0.152 e. The van der Waals surface area contributed by atoms with Gasteiger partial charge in [-0.3, -0.25) is 4.90 Å². The molecule has 2 aromatic heterocycles. The molecule has 2 aromatic rings. The van der Waals surface area contributed by atoms with Gasteiger partial charge in [-0.15, -0.1) is 11.3 Å². The van der Waals surface area contributed by atoms with Gasteiger partial charge in [0.1, 0.15) is 10.7 Å². The van der Waals surface area contributed by atoms with Crippen LogP contribution in [0.2, 0.25) is 0 Å². The zero-order valence-electron chi connectivity index (χ0n) is 10.9. The number of rotatable bonds is 5. The van der Waals surface area contributed by atoms with Crippen molar-refractivity contribution in [2.75, 3.05) is 19.0 Å². The minimum Gasteiger partial charge on any atom is -0.308 e. The maximum atomic E-state index is 8.81. The molecular weight excluding hydrogens is 260 g/mol. The third-order valence-corrected chi connectivity index (χ3v) is 3.53. The first-order valence-corrected chi connectivity index (χ1v) is 6.81. The highest BCUT2D eigenvalue weighted by Gasteiger charge is 2.11. The van der Waals surface area contributed by atoms with Gasteiger partial charge in [0.15, 0.2) is 5.82 Å². The van der Waals surface area contributed by atoms with E-state index in [1.54, 1.807) is 11.3 Å². The summed E-state index contributed by atoms with van der Waals surface area (Å²) in [6.45, 7) is 3.18. The summed E-state index contributed by atoms with van der Waals surface area (Å²) in [5.41, 5.74) is 2.61. The fraction of sp³-hybridized carbons (Fsp3) is 0.417. The summed E-state index contributed by atoms with van der Waals surface area (Å²) >= 11 is 1.56. The molecule has 0 bridgehead atoms. The van der Waals surface area contributed by atoms with Crippen LogP contribution < -0.4 is 11.3 Å². The fourth-order valence-corrected chi connectivity index (χ4v) is 2.68. The number of nitrogens with two attached hydrogens (primary N) is 1. The van der Waals surface area contributed by atoms with E-state index in [4.69, 9.17) is 11.1 Å². The predicted molar refractivity (Wildman–Crippen MR) is 76.3 cm³/mol. The van der Waals surface area contributed by atoms with E-state index in [0.29, 0.717) is 24.7 Å². The number of nitriles is 1. The smallest absolute Gasteiger partial charge is 0.152 e. The molecule has 2 heterocycles. The van der Waals surface area contributed by atoms with Crippen LogP contribution in [0.5, 0.6) is 0 Å². The van der Waals surface area contributed by atoms with Crippen molar-refractivity contribution in [3.8, 4) is 6.07 Å². The molecule has 0 spiro atoms. The molecule has 0 aliphatic rings. The molecule has 0 fully saturated rings. The molecule has 0 saturated heterocycles. The summed E-state index contributed by atoms with van der Waals surface area (Å²) in [5, 5.41) is 11.7. The lowest BCUT2D eigenvalue weighted by molar-refractivity contribution is 0.296. The van der Waals surface area contributed by atoms with E-state index in [9.17, 15) is 0 Å². The van der Waals surface area contributed by atoms with Gasteiger partial charge in [-0.2, -0.15) is 5.26 Å². The number of nitrogens with zero attached hydrogens (tertiary/aromatic N) is 4. The number of aromatic nitrogens is 2. The summed E-state index contributed by atoms with van der Waals surface area (Å²) in [6.07, 6.45) is 0. The van der Waals surface area contributed by atoms with E-state index in [1.165, 1.54) is 0 Å². The molecule has 19 heavy (non-hydrogen) atoms. The largest absolute Gasteiger partial charge is 0.308 e. The average molecular weight is 276 g/mol. The van der Waals surface area contributed by atoms with Gasteiger partial charge in [-0.25, -0.2) is 15.8 Å². The van der Waals surface area contributed by atoms with Crippen molar-refractivity contribution in [3.63, 3.8) is 0 Å². The fourth-order valence-electron chi connectivity index (χ4n) is 1.89. The molecule has 7 heteroatoms. The summed E-state index contributed by atoms with van der Waals surface area (Å²) in [6, 6.07) is 4.16. The molecule has 0 amide bonds. The highest BCUT2D eigenvalue weighted by molar-refractivity contribution is 7.16. The number of anilines is 1. The third-order valence-electron chi connectivity index (χ3n) is 2.73. The van der Waals surface area contributed by atoms with Crippen molar-refractivity contribution in [1.29, 1.82) is 5.26 Å². The number of hydrogen-bond acceptors (Lipinski definition) is 7. The SMILES string of the molecule is CC(C#N)CN(C)Cc1nc(NN)c2ccsc2n1. The molecule has 0 radical (unpaired) electrons. The van der Waals surface area contributed by atoms with Gasteiger partial charge in [0, 0.05) is 6.54 Å². The Morgan fingerprint density at radius 3 is 3.05 bits per heavy atom. The third kappa shape index (κ3) is 3.17. The number of nitrogen functional groups attached to an aromatic ring is 1. The number of hydrogen-bond donors (Lipinski definition) is 2. The van der Waals surface area contributed by atoms with Crippen LogP contribution in [0.3, 0.4) is 0 Å².